The van der Waals surface area contributed by atoms with Crippen LogP contribution in [-0.2, 0) is 14.3 Å². The maximum absolute atomic E-state index is 12.0. The van der Waals surface area contributed by atoms with Crippen LogP contribution in [0.25, 0.3) is 0 Å². The monoisotopic (exact) mass is 247 g/mol. The van der Waals surface area contributed by atoms with Crippen LogP contribution in [-0.4, -0.2) is 25.0 Å². The van der Waals surface area contributed by atoms with E-state index in [-0.39, 0.29) is 11.9 Å². The molecule has 0 spiro atoms. The largest absolute Gasteiger partial charge is 0.467 e. The molecule has 0 N–H and O–H groups in total. The molecule has 1 unspecified atom stereocenters. The Morgan fingerprint density at radius 1 is 1.39 bits per heavy atom. The lowest BCUT2D eigenvalue weighted by molar-refractivity contribution is -0.142. The number of amides is 1. The van der Waals surface area contributed by atoms with Crippen LogP contribution in [0.15, 0.2) is 18.2 Å². The van der Waals surface area contributed by atoms with Gasteiger partial charge in [-0.15, -0.1) is 0 Å². The summed E-state index contributed by atoms with van der Waals surface area (Å²) in [5.41, 5.74) is 2.95. The first kappa shape index (κ1) is 12.6. The molecule has 0 bridgehead atoms. The van der Waals surface area contributed by atoms with Crippen molar-refractivity contribution in [1.82, 2.24) is 0 Å². The van der Waals surface area contributed by atoms with Crippen molar-refractivity contribution < 1.29 is 14.3 Å². The Bertz CT molecular complexity index is 496. The average molecular weight is 247 g/mol. The summed E-state index contributed by atoms with van der Waals surface area (Å²) >= 11 is 0. The van der Waals surface area contributed by atoms with Gasteiger partial charge in [0, 0.05) is 12.1 Å². The molecule has 1 saturated heterocycles. The first-order valence-corrected chi connectivity index (χ1v) is 6.02. The Morgan fingerprint density at radius 3 is 2.78 bits per heavy atom. The molecule has 18 heavy (non-hydrogen) atoms. The minimum absolute atomic E-state index is 0.0147. The number of aryl methyl sites for hydroxylation is 1. The predicted molar refractivity (Wildman–Crippen MR) is 68.4 cm³/mol. The van der Waals surface area contributed by atoms with Gasteiger partial charge in [0.2, 0.25) is 5.91 Å². The normalized spacial score (nSPS) is 19.2. The van der Waals surface area contributed by atoms with Crippen molar-refractivity contribution in [3.63, 3.8) is 0 Å². The zero-order chi connectivity index (χ0) is 13.3. The average Bonchev–Trinajstić information content (AvgIpc) is 2.74. The number of carbonyl (C=O) groups is 2. The molecule has 1 aromatic carbocycles. The minimum atomic E-state index is -0.483. The van der Waals surface area contributed by atoms with Crippen LogP contribution in [0.4, 0.5) is 5.69 Å². The first-order valence-electron chi connectivity index (χ1n) is 6.02. The maximum Gasteiger partial charge on any atom is 0.328 e. The molecule has 0 aromatic heterocycles. The second-order valence-electron chi connectivity index (χ2n) is 4.56. The number of nitrogens with zero attached hydrogens (tertiary/aromatic N) is 1. The summed E-state index contributed by atoms with van der Waals surface area (Å²) in [6.07, 6.45) is 0.923. The van der Waals surface area contributed by atoms with Gasteiger partial charge in [-0.05, 0) is 37.5 Å². The van der Waals surface area contributed by atoms with Gasteiger partial charge in [0.15, 0.2) is 0 Å². The van der Waals surface area contributed by atoms with Gasteiger partial charge in [-0.25, -0.2) is 4.79 Å². The topological polar surface area (TPSA) is 46.6 Å². The highest BCUT2D eigenvalue weighted by atomic mass is 16.5. The Kier molecular flexibility index (Phi) is 3.36. The van der Waals surface area contributed by atoms with Crippen molar-refractivity contribution in [1.29, 1.82) is 0 Å². The molecule has 96 valence electrons. The van der Waals surface area contributed by atoms with E-state index < -0.39 is 6.04 Å². The molecule has 1 heterocycles. The Hall–Kier alpha value is -1.84. The van der Waals surface area contributed by atoms with E-state index in [4.69, 9.17) is 4.74 Å². The van der Waals surface area contributed by atoms with Gasteiger partial charge in [0.1, 0.15) is 6.04 Å². The number of anilines is 1. The fourth-order valence-corrected chi connectivity index (χ4v) is 2.34. The molecule has 1 fully saturated rings. The summed E-state index contributed by atoms with van der Waals surface area (Å²) in [5, 5.41) is 0. The lowest BCUT2D eigenvalue weighted by atomic mass is 10.1. The van der Waals surface area contributed by atoms with E-state index in [9.17, 15) is 9.59 Å². The predicted octanol–water partition coefficient (Wildman–Crippen LogP) is 1.97. The zero-order valence-corrected chi connectivity index (χ0v) is 10.9. The molecule has 1 amide bonds. The molecule has 4 nitrogen and oxygen atoms in total. The molecule has 1 aliphatic rings. The quantitative estimate of drug-likeness (QED) is 0.751. The number of carbonyl (C=O) groups excluding carboxylic acids is 2. The highest BCUT2D eigenvalue weighted by molar-refractivity contribution is 6.03. The van der Waals surface area contributed by atoms with Crippen LogP contribution in [0.2, 0.25) is 0 Å². The second-order valence-corrected chi connectivity index (χ2v) is 4.56. The fraction of sp³-hybridized carbons (Fsp3) is 0.429. The van der Waals surface area contributed by atoms with Crippen molar-refractivity contribution in [2.45, 2.75) is 32.7 Å². The summed E-state index contributed by atoms with van der Waals surface area (Å²) < 4.78 is 4.77. The van der Waals surface area contributed by atoms with Crippen molar-refractivity contribution in [2.75, 3.05) is 12.0 Å². The van der Waals surface area contributed by atoms with Crippen molar-refractivity contribution in [3.8, 4) is 0 Å². The van der Waals surface area contributed by atoms with Crippen LogP contribution >= 0.6 is 0 Å². The van der Waals surface area contributed by atoms with E-state index in [1.54, 1.807) is 4.90 Å². The summed E-state index contributed by atoms with van der Waals surface area (Å²) in [6.45, 7) is 3.96. The fourth-order valence-electron chi connectivity index (χ4n) is 2.34. The van der Waals surface area contributed by atoms with E-state index in [1.807, 2.05) is 32.0 Å². The molecule has 0 saturated carbocycles. The van der Waals surface area contributed by atoms with Gasteiger partial charge in [0.05, 0.1) is 7.11 Å². The zero-order valence-electron chi connectivity index (χ0n) is 10.9. The van der Waals surface area contributed by atoms with Gasteiger partial charge in [-0.3, -0.25) is 9.69 Å². The van der Waals surface area contributed by atoms with Crippen LogP contribution in [0, 0.1) is 13.8 Å². The molecular weight excluding hydrogens is 230 g/mol. The first-order chi connectivity index (χ1) is 8.56. The summed E-state index contributed by atoms with van der Waals surface area (Å²) in [5.74, 6) is -0.360. The summed E-state index contributed by atoms with van der Waals surface area (Å²) in [4.78, 5) is 25.3. The van der Waals surface area contributed by atoms with Crippen molar-refractivity contribution in [2.24, 2.45) is 0 Å². The highest BCUT2D eigenvalue weighted by Gasteiger charge is 2.38. The van der Waals surface area contributed by atoms with E-state index in [0.29, 0.717) is 12.8 Å². The summed E-state index contributed by atoms with van der Waals surface area (Å²) in [6, 6.07) is 5.29. The Morgan fingerprint density at radius 2 is 2.11 bits per heavy atom. The van der Waals surface area contributed by atoms with Gasteiger partial charge in [0.25, 0.3) is 0 Å². The van der Waals surface area contributed by atoms with Crippen LogP contribution in [0.1, 0.15) is 24.0 Å². The molecule has 2 rings (SSSR count). The SMILES string of the molecule is COC(=O)C1CCC(=O)N1c1cccc(C)c1C. The summed E-state index contributed by atoms with van der Waals surface area (Å²) in [7, 11) is 1.35. The molecular formula is C14H17NO3. The van der Waals surface area contributed by atoms with Gasteiger partial charge < -0.3 is 4.74 Å². The molecule has 0 aliphatic carbocycles. The number of hydrogen-bond acceptors (Lipinski definition) is 3. The van der Waals surface area contributed by atoms with Crippen LogP contribution in [0.5, 0.6) is 0 Å². The molecule has 1 atom stereocenters. The van der Waals surface area contributed by atoms with Crippen LogP contribution in [0.3, 0.4) is 0 Å². The lowest BCUT2D eigenvalue weighted by Crippen LogP contribution is -2.39. The van der Waals surface area contributed by atoms with E-state index >= 15 is 0 Å². The third-order valence-corrected chi connectivity index (χ3v) is 3.52. The van der Waals surface area contributed by atoms with Crippen LogP contribution < -0.4 is 4.90 Å². The molecule has 4 heteroatoms. The van der Waals surface area contributed by atoms with Crippen molar-refractivity contribution >= 4 is 17.6 Å². The van der Waals surface area contributed by atoms with E-state index in [0.717, 1.165) is 16.8 Å². The second kappa shape index (κ2) is 4.80. The number of ether oxygens (including phenoxy) is 1. The molecule has 0 radical (unpaired) electrons. The standard InChI is InChI=1S/C14H17NO3/c1-9-5-4-6-11(10(9)2)15-12(14(17)18-3)7-8-13(15)16/h4-6,12H,7-8H2,1-3H3. The highest BCUT2D eigenvalue weighted by Crippen LogP contribution is 2.31. The van der Waals surface area contributed by atoms with Gasteiger partial charge >= 0.3 is 5.97 Å². The molecule has 1 aliphatic heterocycles. The Labute approximate surface area is 107 Å². The van der Waals surface area contributed by atoms with E-state index in [2.05, 4.69) is 0 Å². The maximum atomic E-state index is 12.0. The number of benzene rings is 1. The van der Waals surface area contributed by atoms with E-state index in [1.165, 1.54) is 7.11 Å². The van der Waals surface area contributed by atoms with Crippen molar-refractivity contribution in [3.05, 3.63) is 29.3 Å². The number of methoxy groups -OCH3 is 1. The Balaban J connectivity index is 2.43. The third-order valence-electron chi connectivity index (χ3n) is 3.52. The van der Waals surface area contributed by atoms with Gasteiger partial charge in [-0.1, -0.05) is 12.1 Å². The smallest absolute Gasteiger partial charge is 0.328 e. The minimum Gasteiger partial charge on any atom is -0.467 e. The number of rotatable bonds is 2. The third kappa shape index (κ3) is 1.98. The number of esters is 1. The molecule has 1 aromatic rings. The van der Waals surface area contributed by atoms with Gasteiger partial charge in [-0.2, -0.15) is 0 Å². The lowest BCUT2D eigenvalue weighted by Gasteiger charge is -2.25. The number of hydrogen-bond donors (Lipinski definition) is 0.